The highest BCUT2D eigenvalue weighted by Gasteiger charge is 2.28. The van der Waals surface area contributed by atoms with Gasteiger partial charge < -0.3 is 12.4 Å². The Morgan fingerprint density at radius 2 is 1.84 bits per heavy atom. The standard InChI is InChI=1S/C20H19Cl2N2.ClH/c1-14-4-6-15(7-5-14)19-13-23(20-3-2-10-24(19)20)12-16-8-9-17(21)11-18(16)22;/h4-9,11,13H,2-3,10,12H2,1H3;1H/q+1;/p-1. The normalized spacial score (nSPS) is 12.8. The summed E-state index contributed by atoms with van der Waals surface area (Å²) in [7, 11) is 0. The molecular weight excluding hydrogens is 375 g/mol. The zero-order chi connectivity index (χ0) is 16.7. The number of halogens is 3. The molecule has 130 valence electrons. The highest BCUT2D eigenvalue weighted by molar-refractivity contribution is 6.35. The minimum absolute atomic E-state index is 0. The summed E-state index contributed by atoms with van der Waals surface area (Å²) < 4.78 is 4.77. The first kappa shape index (κ1) is 18.3. The van der Waals surface area contributed by atoms with E-state index in [2.05, 4.69) is 46.5 Å². The van der Waals surface area contributed by atoms with E-state index in [-0.39, 0.29) is 12.4 Å². The number of aromatic nitrogens is 2. The Morgan fingerprint density at radius 1 is 1.08 bits per heavy atom. The summed E-state index contributed by atoms with van der Waals surface area (Å²) in [4.78, 5) is 0. The molecule has 25 heavy (non-hydrogen) atoms. The molecule has 1 aliphatic heterocycles. The molecule has 2 aromatic carbocycles. The smallest absolute Gasteiger partial charge is 0.257 e. The van der Waals surface area contributed by atoms with E-state index in [0.29, 0.717) is 5.02 Å². The molecule has 0 N–H and O–H groups in total. The van der Waals surface area contributed by atoms with E-state index in [1.807, 2.05) is 18.2 Å². The molecule has 5 heteroatoms. The van der Waals surface area contributed by atoms with E-state index in [1.54, 1.807) is 0 Å². The van der Waals surface area contributed by atoms with Gasteiger partial charge in [-0.05, 0) is 25.5 Å². The fourth-order valence-electron chi connectivity index (χ4n) is 3.43. The van der Waals surface area contributed by atoms with Crippen molar-refractivity contribution in [2.24, 2.45) is 0 Å². The van der Waals surface area contributed by atoms with E-state index in [0.717, 1.165) is 30.1 Å². The monoisotopic (exact) mass is 392 g/mol. The lowest BCUT2D eigenvalue weighted by atomic mass is 10.1. The van der Waals surface area contributed by atoms with Crippen LogP contribution < -0.4 is 17.0 Å². The van der Waals surface area contributed by atoms with Gasteiger partial charge in [-0.15, -0.1) is 0 Å². The van der Waals surface area contributed by atoms with Crippen molar-refractivity contribution in [2.75, 3.05) is 0 Å². The van der Waals surface area contributed by atoms with Gasteiger partial charge in [0.25, 0.3) is 5.82 Å². The van der Waals surface area contributed by atoms with Crippen LogP contribution in [-0.4, -0.2) is 4.57 Å². The van der Waals surface area contributed by atoms with Crippen LogP contribution in [0.3, 0.4) is 0 Å². The highest BCUT2D eigenvalue weighted by atomic mass is 35.5. The Balaban J connectivity index is 0.00000182. The van der Waals surface area contributed by atoms with Gasteiger partial charge in [-0.1, -0.05) is 59.1 Å². The van der Waals surface area contributed by atoms with Crippen molar-refractivity contribution in [2.45, 2.75) is 32.9 Å². The molecule has 0 saturated heterocycles. The summed E-state index contributed by atoms with van der Waals surface area (Å²) in [6, 6.07) is 14.5. The van der Waals surface area contributed by atoms with E-state index in [9.17, 15) is 0 Å². The number of hydrogen-bond acceptors (Lipinski definition) is 0. The number of hydrogen-bond donors (Lipinski definition) is 0. The number of rotatable bonds is 3. The van der Waals surface area contributed by atoms with Crippen molar-refractivity contribution >= 4 is 23.2 Å². The minimum Gasteiger partial charge on any atom is -1.00 e. The average Bonchev–Trinajstić information content (AvgIpc) is 3.15. The van der Waals surface area contributed by atoms with Gasteiger partial charge in [0.1, 0.15) is 12.7 Å². The largest absolute Gasteiger partial charge is 1.00 e. The van der Waals surface area contributed by atoms with Crippen molar-refractivity contribution in [3.05, 3.63) is 75.7 Å². The molecule has 4 rings (SSSR count). The molecule has 0 bridgehead atoms. The van der Waals surface area contributed by atoms with Crippen LogP contribution in [0.25, 0.3) is 11.3 Å². The van der Waals surface area contributed by atoms with Gasteiger partial charge >= 0.3 is 0 Å². The molecule has 1 aliphatic rings. The van der Waals surface area contributed by atoms with E-state index >= 15 is 0 Å². The SMILES string of the molecule is Cc1ccc(-c2c[n+](Cc3ccc(Cl)cc3Cl)c3n2CCC3)cc1.[Cl-]. The first-order chi connectivity index (χ1) is 11.6. The van der Waals surface area contributed by atoms with E-state index in [4.69, 9.17) is 23.2 Å². The molecule has 1 aromatic heterocycles. The molecule has 2 heterocycles. The molecule has 2 nitrogen and oxygen atoms in total. The minimum atomic E-state index is 0. The summed E-state index contributed by atoms with van der Waals surface area (Å²) in [5, 5.41) is 1.40. The van der Waals surface area contributed by atoms with Crippen LogP contribution >= 0.6 is 23.2 Å². The molecule has 0 radical (unpaired) electrons. The van der Waals surface area contributed by atoms with Gasteiger partial charge in [0, 0.05) is 21.2 Å². The van der Waals surface area contributed by atoms with Gasteiger partial charge in [0.15, 0.2) is 5.69 Å². The average molecular weight is 394 g/mol. The van der Waals surface area contributed by atoms with Crippen molar-refractivity contribution in [1.82, 2.24) is 4.57 Å². The molecule has 3 aromatic rings. The number of imidazole rings is 1. The zero-order valence-corrected chi connectivity index (χ0v) is 16.2. The van der Waals surface area contributed by atoms with Crippen LogP contribution in [0.4, 0.5) is 0 Å². The van der Waals surface area contributed by atoms with Crippen LogP contribution in [-0.2, 0) is 19.5 Å². The third-order valence-corrected chi connectivity index (χ3v) is 5.28. The van der Waals surface area contributed by atoms with Crippen LogP contribution in [0.5, 0.6) is 0 Å². The fourth-order valence-corrected chi connectivity index (χ4v) is 3.90. The van der Waals surface area contributed by atoms with Crippen molar-refractivity contribution in [3.8, 4) is 11.3 Å². The van der Waals surface area contributed by atoms with Crippen LogP contribution in [0.2, 0.25) is 10.0 Å². The van der Waals surface area contributed by atoms with Crippen LogP contribution in [0, 0.1) is 6.92 Å². The lowest BCUT2D eigenvalue weighted by Gasteiger charge is -2.03. The summed E-state index contributed by atoms with van der Waals surface area (Å²) >= 11 is 12.4. The Morgan fingerprint density at radius 3 is 2.56 bits per heavy atom. The van der Waals surface area contributed by atoms with Gasteiger partial charge in [-0.3, -0.25) is 0 Å². The Kier molecular flexibility index (Phi) is 5.43. The highest BCUT2D eigenvalue weighted by Crippen LogP contribution is 2.26. The van der Waals surface area contributed by atoms with Crippen molar-refractivity contribution in [3.63, 3.8) is 0 Å². The molecule has 0 aliphatic carbocycles. The first-order valence-corrected chi connectivity index (χ1v) is 9.00. The lowest BCUT2D eigenvalue weighted by Crippen LogP contribution is -3.00. The summed E-state index contributed by atoms with van der Waals surface area (Å²) in [5.41, 5.74) is 4.94. The van der Waals surface area contributed by atoms with Crippen molar-refractivity contribution in [1.29, 1.82) is 0 Å². The molecular formula is C20H19Cl3N2. The maximum Gasteiger partial charge on any atom is 0.257 e. The third kappa shape index (κ3) is 3.57. The number of nitrogens with zero attached hydrogens (tertiary/aromatic N) is 2. The summed E-state index contributed by atoms with van der Waals surface area (Å²) in [6.07, 6.45) is 4.56. The maximum absolute atomic E-state index is 6.37. The fraction of sp³-hybridized carbons (Fsp3) is 0.250. The molecule has 0 fully saturated rings. The second-order valence-electron chi connectivity index (χ2n) is 6.42. The van der Waals surface area contributed by atoms with E-state index in [1.165, 1.54) is 29.1 Å². The predicted molar refractivity (Wildman–Crippen MR) is 98.7 cm³/mol. The summed E-state index contributed by atoms with van der Waals surface area (Å²) in [5.74, 6) is 1.37. The molecule has 0 atom stereocenters. The number of benzene rings is 2. The van der Waals surface area contributed by atoms with Gasteiger partial charge in [0.2, 0.25) is 0 Å². The molecule has 0 unspecified atom stereocenters. The Bertz CT molecular complexity index is 898. The number of aryl methyl sites for hydroxylation is 1. The van der Waals surface area contributed by atoms with Crippen LogP contribution in [0.15, 0.2) is 48.7 Å². The number of fused-ring (bicyclic) bond motifs is 1. The van der Waals surface area contributed by atoms with Crippen molar-refractivity contribution < 1.29 is 17.0 Å². The van der Waals surface area contributed by atoms with Gasteiger partial charge in [-0.2, -0.15) is 0 Å². The second kappa shape index (κ2) is 7.41. The molecule has 0 amide bonds. The molecule has 0 saturated carbocycles. The quantitative estimate of drug-likeness (QED) is 0.602. The van der Waals surface area contributed by atoms with Gasteiger partial charge in [0.05, 0.1) is 13.0 Å². The van der Waals surface area contributed by atoms with Gasteiger partial charge in [-0.25, -0.2) is 9.13 Å². The Labute approximate surface area is 164 Å². The zero-order valence-electron chi connectivity index (χ0n) is 14.0. The van der Waals surface area contributed by atoms with Crippen LogP contribution in [0.1, 0.15) is 23.4 Å². The topological polar surface area (TPSA) is 8.81 Å². The second-order valence-corrected chi connectivity index (χ2v) is 7.26. The third-order valence-electron chi connectivity index (χ3n) is 4.70. The predicted octanol–water partition coefficient (Wildman–Crippen LogP) is 2.06. The Hall–Kier alpha value is -1.48. The first-order valence-electron chi connectivity index (χ1n) is 8.24. The molecule has 0 spiro atoms. The lowest BCUT2D eigenvalue weighted by molar-refractivity contribution is -0.694. The summed E-state index contributed by atoms with van der Waals surface area (Å²) in [6.45, 7) is 3.98. The maximum atomic E-state index is 6.37. The van der Waals surface area contributed by atoms with E-state index < -0.39 is 0 Å².